The molecule has 0 spiro atoms. The summed E-state index contributed by atoms with van der Waals surface area (Å²) in [5, 5.41) is 10.3. The van der Waals surface area contributed by atoms with E-state index in [-0.39, 0.29) is 18.3 Å². The number of pyridine rings is 1. The first-order valence-corrected chi connectivity index (χ1v) is 6.51. The van der Waals surface area contributed by atoms with Crippen molar-refractivity contribution in [1.82, 2.24) is 4.98 Å². The van der Waals surface area contributed by atoms with Crippen molar-refractivity contribution in [2.75, 3.05) is 0 Å². The molecule has 1 aliphatic rings. The zero-order chi connectivity index (χ0) is 13.1. The van der Waals surface area contributed by atoms with Gasteiger partial charge >= 0.3 is 0 Å². The molecule has 1 aromatic rings. The largest absolute Gasteiger partial charge is 0.489 e. The fourth-order valence-corrected chi connectivity index (χ4v) is 2.21. The Morgan fingerprint density at radius 3 is 2.78 bits per heavy atom. The molecule has 100 valence electrons. The van der Waals surface area contributed by atoms with Crippen molar-refractivity contribution in [2.45, 2.75) is 58.0 Å². The highest BCUT2D eigenvalue weighted by atomic mass is 16.5. The van der Waals surface area contributed by atoms with E-state index in [0.29, 0.717) is 5.75 Å². The quantitative estimate of drug-likeness (QED) is 0.893. The summed E-state index contributed by atoms with van der Waals surface area (Å²) in [4.78, 5) is 4.11. The number of rotatable bonds is 4. The highest BCUT2D eigenvalue weighted by Crippen LogP contribution is 2.30. The van der Waals surface area contributed by atoms with Crippen LogP contribution in [0.2, 0.25) is 0 Å². The Hall–Kier alpha value is -1.13. The number of nitrogens with zero attached hydrogens (tertiary/aromatic N) is 1. The molecular weight excluding hydrogens is 230 g/mol. The first-order chi connectivity index (χ1) is 8.56. The van der Waals surface area contributed by atoms with Gasteiger partial charge in [0, 0.05) is 11.8 Å². The van der Waals surface area contributed by atoms with Gasteiger partial charge in [0.1, 0.15) is 11.9 Å². The molecule has 1 fully saturated rings. The van der Waals surface area contributed by atoms with Crippen LogP contribution in [-0.4, -0.2) is 28.4 Å². The van der Waals surface area contributed by atoms with Crippen molar-refractivity contribution >= 4 is 0 Å². The monoisotopic (exact) mass is 251 g/mol. The Kier molecular flexibility index (Phi) is 4.19. The van der Waals surface area contributed by atoms with Gasteiger partial charge in [-0.2, -0.15) is 0 Å². The summed E-state index contributed by atoms with van der Waals surface area (Å²) in [5.41, 5.74) is 0.757. The molecule has 0 saturated carbocycles. The number of aliphatic hydroxyl groups excluding tert-OH is 1. The third-order valence-corrected chi connectivity index (χ3v) is 3.06. The number of aromatic nitrogens is 1. The fraction of sp³-hybridized carbons (Fsp3) is 0.643. The van der Waals surface area contributed by atoms with Crippen LogP contribution in [0.1, 0.15) is 45.3 Å². The lowest BCUT2D eigenvalue weighted by Crippen LogP contribution is -2.19. The molecule has 3 atom stereocenters. The standard InChI is InChI=1S/C14H21NO3/c1-9(2)17-12-6-11(7-15-8-12)14(16)13-5-4-10(3)18-13/h6-10,13-14,16H,4-5H2,1-3H3. The van der Waals surface area contributed by atoms with Crippen molar-refractivity contribution in [1.29, 1.82) is 0 Å². The second-order valence-corrected chi connectivity index (χ2v) is 5.13. The van der Waals surface area contributed by atoms with Crippen LogP contribution in [0.5, 0.6) is 5.75 Å². The van der Waals surface area contributed by atoms with Crippen LogP contribution in [0.3, 0.4) is 0 Å². The van der Waals surface area contributed by atoms with Gasteiger partial charge < -0.3 is 14.6 Å². The minimum atomic E-state index is -0.627. The van der Waals surface area contributed by atoms with Crippen molar-refractivity contribution in [3.05, 3.63) is 24.0 Å². The van der Waals surface area contributed by atoms with Crippen LogP contribution in [0, 0.1) is 0 Å². The van der Waals surface area contributed by atoms with E-state index in [1.807, 2.05) is 26.8 Å². The van der Waals surface area contributed by atoms with Crippen LogP contribution >= 0.6 is 0 Å². The van der Waals surface area contributed by atoms with Gasteiger partial charge in [-0.3, -0.25) is 4.98 Å². The maximum absolute atomic E-state index is 10.3. The molecule has 4 nitrogen and oxygen atoms in total. The Morgan fingerprint density at radius 1 is 1.39 bits per heavy atom. The second kappa shape index (κ2) is 5.67. The molecule has 0 bridgehead atoms. The van der Waals surface area contributed by atoms with Crippen molar-refractivity contribution in [3.63, 3.8) is 0 Å². The van der Waals surface area contributed by atoms with E-state index < -0.39 is 6.10 Å². The van der Waals surface area contributed by atoms with E-state index in [0.717, 1.165) is 18.4 Å². The molecule has 2 heterocycles. The predicted molar refractivity (Wildman–Crippen MR) is 68.5 cm³/mol. The number of aliphatic hydroxyl groups is 1. The molecule has 2 rings (SSSR count). The molecule has 1 aliphatic heterocycles. The van der Waals surface area contributed by atoms with Gasteiger partial charge in [-0.05, 0) is 39.7 Å². The summed E-state index contributed by atoms with van der Waals surface area (Å²) in [6.07, 6.45) is 4.79. The summed E-state index contributed by atoms with van der Waals surface area (Å²) >= 11 is 0. The van der Waals surface area contributed by atoms with Crippen LogP contribution in [0.4, 0.5) is 0 Å². The van der Waals surface area contributed by atoms with Crippen LogP contribution < -0.4 is 4.74 Å². The van der Waals surface area contributed by atoms with Gasteiger partial charge in [0.05, 0.1) is 24.5 Å². The molecular formula is C14H21NO3. The zero-order valence-electron chi connectivity index (χ0n) is 11.2. The van der Waals surface area contributed by atoms with E-state index in [9.17, 15) is 5.11 Å². The van der Waals surface area contributed by atoms with E-state index in [1.54, 1.807) is 12.4 Å². The highest BCUT2D eigenvalue weighted by molar-refractivity contribution is 5.26. The summed E-state index contributed by atoms with van der Waals surface area (Å²) < 4.78 is 11.3. The number of ether oxygens (including phenoxy) is 2. The second-order valence-electron chi connectivity index (χ2n) is 5.13. The fourth-order valence-electron chi connectivity index (χ4n) is 2.21. The van der Waals surface area contributed by atoms with E-state index in [1.165, 1.54) is 0 Å². The van der Waals surface area contributed by atoms with E-state index in [2.05, 4.69) is 4.98 Å². The van der Waals surface area contributed by atoms with Gasteiger partial charge in [0.2, 0.25) is 0 Å². The molecule has 1 saturated heterocycles. The average Bonchev–Trinajstić information content (AvgIpc) is 2.74. The lowest BCUT2D eigenvalue weighted by atomic mass is 10.0. The molecule has 1 aromatic heterocycles. The maximum Gasteiger partial charge on any atom is 0.138 e. The van der Waals surface area contributed by atoms with Crippen molar-refractivity contribution < 1.29 is 14.6 Å². The van der Waals surface area contributed by atoms with Gasteiger partial charge in [-0.15, -0.1) is 0 Å². The maximum atomic E-state index is 10.3. The van der Waals surface area contributed by atoms with Crippen LogP contribution in [0.15, 0.2) is 18.5 Å². The molecule has 4 heteroatoms. The van der Waals surface area contributed by atoms with Crippen LogP contribution in [-0.2, 0) is 4.74 Å². The summed E-state index contributed by atoms with van der Waals surface area (Å²) in [6.45, 7) is 5.96. The predicted octanol–water partition coefficient (Wildman–Crippen LogP) is 2.47. The number of hydrogen-bond acceptors (Lipinski definition) is 4. The molecule has 3 unspecified atom stereocenters. The Balaban J connectivity index is 2.07. The molecule has 0 aliphatic carbocycles. The van der Waals surface area contributed by atoms with Gasteiger partial charge in [-0.25, -0.2) is 0 Å². The van der Waals surface area contributed by atoms with Crippen molar-refractivity contribution in [3.8, 4) is 5.75 Å². The van der Waals surface area contributed by atoms with E-state index >= 15 is 0 Å². The molecule has 0 radical (unpaired) electrons. The van der Waals surface area contributed by atoms with Gasteiger partial charge in [0.25, 0.3) is 0 Å². The van der Waals surface area contributed by atoms with Crippen molar-refractivity contribution in [2.24, 2.45) is 0 Å². The third kappa shape index (κ3) is 3.21. The van der Waals surface area contributed by atoms with Gasteiger partial charge in [0.15, 0.2) is 0 Å². The Bertz CT molecular complexity index is 394. The molecule has 18 heavy (non-hydrogen) atoms. The lowest BCUT2D eigenvalue weighted by molar-refractivity contribution is -0.0299. The summed E-state index contributed by atoms with van der Waals surface area (Å²) in [6, 6.07) is 1.84. The lowest BCUT2D eigenvalue weighted by Gasteiger charge is -2.19. The molecule has 1 N–H and O–H groups in total. The average molecular weight is 251 g/mol. The van der Waals surface area contributed by atoms with E-state index in [4.69, 9.17) is 9.47 Å². The Labute approximate surface area is 108 Å². The normalized spacial score (nSPS) is 25.4. The number of hydrogen-bond donors (Lipinski definition) is 1. The minimum Gasteiger partial charge on any atom is -0.489 e. The topological polar surface area (TPSA) is 51.6 Å². The summed E-state index contributed by atoms with van der Waals surface area (Å²) in [5.74, 6) is 0.688. The first-order valence-electron chi connectivity index (χ1n) is 6.51. The smallest absolute Gasteiger partial charge is 0.138 e. The zero-order valence-corrected chi connectivity index (χ0v) is 11.2. The van der Waals surface area contributed by atoms with Gasteiger partial charge in [-0.1, -0.05) is 0 Å². The minimum absolute atomic E-state index is 0.0990. The SMILES string of the molecule is CC(C)Oc1cncc(C(O)C2CCC(C)O2)c1. The molecule has 0 aromatic carbocycles. The molecule has 0 amide bonds. The first kappa shape index (κ1) is 13.3. The Morgan fingerprint density at radius 2 is 2.17 bits per heavy atom. The third-order valence-electron chi connectivity index (χ3n) is 3.06. The highest BCUT2D eigenvalue weighted by Gasteiger charge is 2.29. The summed E-state index contributed by atoms with van der Waals surface area (Å²) in [7, 11) is 0. The van der Waals surface area contributed by atoms with Crippen LogP contribution in [0.25, 0.3) is 0 Å².